The van der Waals surface area contributed by atoms with E-state index < -0.39 is 31.5 Å². The van der Waals surface area contributed by atoms with E-state index in [1.165, 1.54) is 24.4 Å². The van der Waals surface area contributed by atoms with Gasteiger partial charge in [-0.2, -0.15) is 0 Å². The van der Waals surface area contributed by atoms with Gasteiger partial charge in [-0.1, -0.05) is 50.1 Å². The van der Waals surface area contributed by atoms with Crippen molar-refractivity contribution >= 4 is 32.6 Å². The largest absolute Gasteiger partial charge is 0.461 e. The molecule has 0 N–H and O–H groups in total. The number of unbranched alkanes of at least 4 members (excludes halogenated alkanes) is 2. The van der Waals surface area contributed by atoms with E-state index in [-0.39, 0.29) is 23.6 Å². The van der Waals surface area contributed by atoms with Gasteiger partial charge in [0.05, 0.1) is 17.0 Å². The molecule has 0 amide bonds. The predicted molar refractivity (Wildman–Crippen MR) is 132 cm³/mol. The molecule has 0 spiro atoms. The minimum Gasteiger partial charge on any atom is -0.461 e. The first-order valence-corrected chi connectivity index (χ1v) is 13.0. The second-order valence-corrected chi connectivity index (χ2v) is 9.83. The molecule has 188 valence electrons. The fourth-order valence-electron chi connectivity index (χ4n) is 3.98. The minimum absolute atomic E-state index is 0.0469. The number of hydrogen-bond donors (Lipinski definition) is 0. The quantitative estimate of drug-likeness (QED) is 0.120. The number of nitro groups is 1. The summed E-state index contributed by atoms with van der Waals surface area (Å²) < 4.78 is 39.4. The normalized spacial score (nSPS) is 11.6. The van der Waals surface area contributed by atoms with Gasteiger partial charge in [0.1, 0.15) is 0 Å². The molecule has 0 saturated carbocycles. The van der Waals surface area contributed by atoms with Crippen LogP contribution in [0.1, 0.15) is 49.5 Å². The summed E-state index contributed by atoms with van der Waals surface area (Å²) in [6.07, 6.45) is 4.57. The average Bonchev–Trinajstić information content (AvgIpc) is 3.46. The zero-order chi connectivity index (χ0) is 25.9. The molecule has 0 unspecified atom stereocenters. The molecule has 2 heterocycles. The van der Waals surface area contributed by atoms with Crippen molar-refractivity contribution in [3.05, 3.63) is 76.4 Å². The molecule has 4 rings (SSSR count). The van der Waals surface area contributed by atoms with Crippen LogP contribution in [-0.4, -0.2) is 34.9 Å². The lowest BCUT2D eigenvalue weighted by Crippen LogP contribution is -2.13. The van der Waals surface area contributed by atoms with Gasteiger partial charge in [0.25, 0.3) is 15.7 Å². The molecule has 0 aliphatic rings. The van der Waals surface area contributed by atoms with Crippen molar-refractivity contribution in [2.24, 2.45) is 0 Å². The van der Waals surface area contributed by atoms with Crippen LogP contribution in [0.2, 0.25) is 0 Å². The van der Waals surface area contributed by atoms with Crippen molar-refractivity contribution < 1.29 is 27.3 Å². The number of benzene rings is 2. The molecule has 2 aromatic carbocycles. The summed E-state index contributed by atoms with van der Waals surface area (Å²) in [7, 11) is -4.39. The smallest absolute Gasteiger partial charge is 0.360 e. The topological polar surface area (TPSA) is 135 Å². The maximum absolute atomic E-state index is 13.6. The third-order valence-corrected chi connectivity index (χ3v) is 7.38. The molecule has 0 saturated heterocycles. The van der Waals surface area contributed by atoms with Gasteiger partial charge in [0.2, 0.25) is 0 Å². The number of esters is 1. The highest BCUT2D eigenvalue weighted by Crippen LogP contribution is 2.37. The number of nitro benzene ring substituents is 1. The van der Waals surface area contributed by atoms with Gasteiger partial charge < -0.3 is 9.15 Å². The van der Waals surface area contributed by atoms with Gasteiger partial charge in [0, 0.05) is 29.6 Å². The van der Waals surface area contributed by atoms with Crippen molar-refractivity contribution in [1.82, 2.24) is 8.96 Å². The van der Waals surface area contributed by atoms with Crippen LogP contribution in [-0.2, 0) is 21.2 Å². The Hall–Kier alpha value is -3.99. The Balaban J connectivity index is 1.93. The summed E-state index contributed by atoms with van der Waals surface area (Å²) >= 11 is 0. The Labute approximate surface area is 207 Å². The zero-order valence-electron chi connectivity index (χ0n) is 19.8. The number of fused-ring (bicyclic) bond motifs is 1. The number of ether oxygens (including phenoxy) is 1. The Morgan fingerprint density at radius 3 is 2.56 bits per heavy atom. The minimum atomic E-state index is -4.39. The van der Waals surface area contributed by atoms with Crippen LogP contribution >= 0.6 is 0 Å². The first kappa shape index (κ1) is 25.1. The molecule has 0 bridgehead atoms. The summed E-state index contributed by atoms with van der Waals surface area (Å²) in [5.74, 6) is -0.246. The summed E-state index contributed by atoms with van der Waals surface area (Å²) in [4.78, 5) is 27.4. The summed E-state index contributed by atoms with van der Waals surface area (Å²) in [5, 5.41) is 12.0. The Morgan fingerprint density at radius 2 is 1.83 bits per heavy atom. The highest BCUT2D eigenvalue weighted by Gasteiger charge is 2.31. The number of carbonyl (C=O) groups excluding carboxylic acids is 1. The second kappa shape index (κ2) is 10.3. The van der Waals surface area contributed by atoms with E-state index in [2.05, 4.69) is 11.9 Å². The van der Waals surface area contributed by atoms with Gasteiger partial charge in [-0.3, -0.25) is 10.1 Å². The zero-order valence-corrected chi connectivity index (χ0v) is 20.7. The first-order valence-electron chi connectivity index (χ1n) is 11.6. The van der Waals surface area contributed by atoms with E-state index in [0.717, 1.165) is 29.3 Å². The Kier molecular flexibility index (Phi) is 7.20. The summed E-state index contributed by atoms with van der Waals surface area (Å²) in [6, 6.07) is 11.8. The lowest BCUT2D eigenvalue weighted by molar-refractivity contribution is -0.387. The average molecular weight is 512 g/mol. The van der Waals surface area contributed by atoms with Crippen molar-refractivity contribution in [3.8, 4) is 11.3 Å². The predicted octanol–water partition coefficient (Wildman–Crippen LogP) is 5.35. The number of rotatable bonds is 10. The van der Waals surface area contributed by atoms with Gasteiger partial charge in [-0.25, -0.2) is 22.2 Å². The number of para-hydroxylation sites is 2. The number of hydrogen-bond acceptors (Lipinski definition) is 8. The van der Waals surface area contributed by atoms with Crippen LogP contribution in [0, 0.1) is 10.1 Å². The van der Waals surface area contributed by atoms with E-state index in [4.69, 9.17) is 9.15 Å². The maximum Gasteiger partial charge on any atom is 0.360 e. The molecule has 0 aliphatic carbocycles. The SMILES string of the molecule is CCCCCc1nc(C(=O)OCC)c(-c2cn(S(=O)(=O)c3ccccc3[N+](=O)[O-])c3ccccc23)o1. The van der Waals surface area contributed by atoms with Crippen molar-refractivity contribution in [3.63, 3.8) is 0 Å². The molecular weight excluding hydrogens is 486 g/mol. The standard InChI is InChI=1S/C25H25N3O7S/c1-3-5-6-15-22-26-23(25(29)34-4-2)24(35-22)18-16-27(19-12-8-7-11-17(18)19)36(32,33)21-14-10-9-13-20(21)28(30)31/h7-14,16H,3-6,15H2,1-2H3. The molecule has 36 heavy (non-hydrogen) atoms. The molecule has 2 aromatic heterocycles. The fourth-order valence-corrected chi connectivity index (χ4v) is 5.51. The lowest BCUT2D eigenvalue weighted by atomic mass is 10.1. The van der Waals surface area contributed by atoms with Crippen molar-refractivity contribution in [2.75, 3.05) is 6.61 Å². The molecule has 0 fully saturated rings. The van der Waals surface area contributed by atoms with Gasteiger partial charge in [-0.15, -0.1) is 0 Å². The van der Waals surface area contributed by atoms with E-state index in [0.29, 0.717) is 23.3 Å². The third-order valence-electron chi connectivity index (χ3n) is 5.66. The molecule has 0 radical (unpaired) electrons. The van der Waals surface area contributed by atoms with E-state index >= 15 is 0 Å². The summed E-state index contributed by atoms with van der Waals surface area (Å²) in [6.45, 7) is 3.87. The molecule has 0 atom stereocenters. The first-order chi connectivity index (χ1) is 17.3. The van der Waals surface area contributed by atoms with Crippen LogP contribution in [0.4, 0.5) is 5.69 Å². The van der Waals surface area contributed by atoms with Crippen LogP contribution in [0.25, 0.3) is 22.2 Å². The van der Waals surface area contributed by atoms with E-state index in [1.807, 2.05) is 0 Å². The highest BCUT2D eigenvalue weighted by molar-refractivity contribution is 7.90. The Morgan fingerprint density at radius 1 is 1.11 bits per heavy atom. The number of aryl methyl sites for hydroxylation is 1. The highest BCUT2D eigenvalue weighted by atomic mass is 32.2. The van der Waals surface area contributed by atoms with Crippen LogP contribution < -0.4 is 0 Å². The lowest BCUT2D eigenvalue weighted by Gasteiger charge is -2.07. The Bertz CT molecular complexity index is 1540. The van der Waals surface area contributed by atoms with Crippen LogP contribution in [0.15, 0.2) is 64.0 Å². The number of oxazole rings is 1. The second-order valence-electron chi connectivity index (χ2n) is 8.05. The maximum atomic E-state index is 13.6. The third kappa shape index (κ3) is 4.61. The van der Waals surface area contributed by atoms with Gasteiger partial charge >= 0.3 is 5.97 Å². The molecule has 4 aromatic rings. The molecule has 0 aliphatic heterocycles. The van der Waals surface area contributed by atoms with Gasteiger partial charge in [-0.05, 0) is 25.5 Å². The number of carbonyl (C=O) groups is 1. The number of nitrogens with zero attached hydrogens (tertiary/aromatic N) is 3. The molecule has 10 nitrogen and oxygen atoms in total. The van der Waals surface area contributed by atoms with Crippen LogP contribution in [0.3, 0.4) is 0 Å². The molecule has 11 heteroatoms. The summed E-state index contributed by atoms with van der Waals surface area (Å²) in [5.41, 5.74) is -0.00860. The monoisotopic (exact) mass is 511 g/mol. The van der Waals surface area contributed by atoms with Crippen LogP contribution in [0.5, 0.6) is 0 Å². The number of aromatic nitrogens is 2. The van der Waals surface area contributed by atoms with Crippen molar-refractivity contribution in [1.29, 1.82) is 0 Å². The fraction of sp³-hybridized carbons (Fsp3) is 0.280. The van der Waals surface area contributed by atoms with E-state index in [9.17, 15) is 23.3 Å². The van der Waals surface area contributed by atoms with E-state index in [1.54, 1.807) is 31.2 Å². The van der Waals surface area contributed by atoms with Crippen molar-refractivity contribution in [2.45, 2.75) is 44.4 Å². The van der Waals surface area contributed by atoms with Gasteiger partial charge in [0.15, 0.2) is 22.2 Å². The molecular formula is C25H25N3O7S.